The zero-order chi connectivity index (χ0) is 22.0. The molecular formula is C25H27NO5. The molecule has 1 aromatic heterocycles. The van der Waals surface area contributed by atoms with E-state index < -0.39 is 6.04 Å². The normalized spacial score (nSPS) is 15.7. The molecule has 0 radical (unpaired) electrons. The molecule has 1 aliphatic rings. The Morgan fingerprint density at radius 3 is 2.65 bits per heavy atom. The predicted molar refractivity (Wildman–Crippen MR) is 119 cm³/mol. The summed E-state index contributed by atoms with van der Waals surface area (Å²) in [5, 5.41) is 0.469. The van der Waals surface area contributed by atoms with Gasteiger partial charge in [-0.2, -0.15) is 0 Å². The van der Waals surface area contributed by atoms with Crippen LogP contribution in [0.4, 0.5) is 0 Å². The fraction of sp³-hybridized carbons (Fsp3) is 0.360. The zero-order valence-corrected chi connectivity index (χ0v) is 18.1. The van der Waals surface area contributed by atoms with Gasteiger partial charge in [0.1, 0.15) is 11.3 Å². The molecule has 162 valence electrons. The highest BCUT2D eigenvalue weighted by atomic mass is 16.5. The fourth-order valence-electron chi connectivity index (χ4n) is 3.92. The Morgan fingerprint density at radius 1 is 1.06 bits per heavy atom. The molecule has 2 aromatic carbocycles. The van der Waals surface area contributed by atoms with Gasteiger partial charge in [-0.3, -0.25) is 9.59 Å². The minimum atomic E-state index is -0.549. The molecule has 0 fully saturated rings. The number of hydrogen-bond donors (Lipinski definition) is 0. The van der Waals surface area contributed by atoms with Crippen molar-refractivity contribution in [2.24, 2.45) is 5.92 Å². The van der Waals surface area contributed by atoms with Crippen LogP contribution >= 0.6 is 0 Å². The van der Waals surface area contributed by atoms with Crippen LogP contribution in [0.15, 0.2) is 57.7 Å². The van der Waals surface area contributed by atoms with Crippen molar-refractivity contribution in [2.75, 3.05) is 26.9 Å². The van der Waals surface area contributed by atoms with Gasteiger partial charge in [0.15, 0.2) is 5.43 Å². The molecule has 3 aromatic rings. The Balaban J connectivity index is 1.79. The second kappa shape index (κ2) is 8.94. The van der Waals surface area contributed by atoms with Crippen LogP contribution in [0.2, 0.25) is 0 Å². The van der Waals surface area contributed by atoms with Gasteiger partial charge in [0.2, 0.25) is 5.76 Å². The molecule has 0 aliphatic carbocycles. The molecule has 0 bridgehead atoms. The number of fused-ring (bicyclic) bond motifs is 2. The van der Waals surface area contributed by atoms with Crippen LogP contribution in [0, 0.1) is 5.92 Å². The number of ether oxygens (including phenoxy) is 2. The second-order valence-electron chi connectivity index (χ2n) is 8.17. The minimum absolute atomic E-state index is 0.107. The van der Waals surface area contributed by atoms with Crippen molar-refractivity contribution in [3.63, 3.8) is 0 Å². The Hall–Kier alpha value is -3.12. The number of methoxy groups -OCH3 is 1. The van der Waals surface area contributed by atoms with Gasteiger partial charge in [-0.15, -0.1) is 0 Å². The van der Waals surface area contributed by atoms with Crippen molar-refractivity contribution >= 4 is 16.9 Å². The van der Waals surface area contributed by atoms with E-state index in [0.29, 0.717) is 42.2 Å². The number of rotatable bonds is 8. The van der Waals surface area contributed by atoms with Gasteiger partial charge in [0, 0.05) is 13.7 Å². The van der Waals surface area contributed by atoms with E-state index in [1.165, 1.54) is 0 Å². The van der Waals surface area contributed by atoms with Crippen LogP contribution in [0.25, 0.3) is 11.0 Å². The van der Waals surface area contributed by atoms with E-state index >= 15 is 0 Å². The summed E-state index contributed by atoms with van der Waals surface area (Å²) >= 11 is 0. The minimum Gasteiger partial charge on any atom is -0.494 e. The third-order valence-corrected chi connectivity index (χ3v) is 5.55. The maximum atomic E-state index is 13.4. The summed E-state index contributed by atoms with van der Waals surface area (Å²) in [6.07, 6.45) is 0.949. The lowest BCUT2D eigenvalue weighted by Gasteiger charge is -2.25. The maximum Gasteiger partial charge on any atom is 0.290 e. The highest BCUT2D eigenvalue weighted by Gasteiger charge is 2.42. The molecule has 2 heterocycles. The van der Waals surface area contributed by atoms with E-state index in [9.17, 15) is 9.59 Å². The summed E-state index contributed by atoms with van der Waals surface area (Å²) < 4.78 is 17.1. The highest BCUT2D eigenvalue weighted by molar-refractivity contribution is 5.99. The predicted octanol–water partition coefficient (Wildman–Crippen LogP) is 4.41. The Labute approximate surface area is 181 Å². The van der Waals surface area contributed by atoms with Crippen LogP contribution < -0.4 is 10.2 Å². The first-order chi connectivity index (χ1) is 15.0. The summed E-state index contributed by atoms with van der Waals surface area (Å²) in [5.74, 6) is 1.07. The van der Waals surface area contributed by atoms with E-state index in [1.54, 1.807) is 36.3 Å². The number of carbonyl (C=O) groups excluding carboxylic acids is 1. The lowest BCUT2D eigenvalue weighted by Crippen LogP contribution is -2.32. The molecule has 4 rings (SSSR count). The standard InChI is InChI=1S/C25H27NO5/c1-16(2)11-13-30-18-8-6-7-17(15-18)22-21-23(27)19-9-4-5-10-20(19)31-24(21)25(28)26(22)12-14-29-3/h4-10,15-16,22H,11-14H2,1-3H3. The van der Waals surface area contributed by atoms with Crippen molar-refractivity contribution in [3.05, 3.63) is 75.6 Å². The second-order valence-corrected chi connectivity index (χ2v) is 8.17. The van der Waals surface area contributed by atoms with E-state index in [1.807, 2.05) is 24.3 Å². The molecule has 0 spiro atoms. The topological polar surface area (TPSA) is 69.0 Å². The van der Waals surface area contributed by atoms with Crippen LogP contribution in [0.5, 0.6) is 5.75 Å². The Morgan fingerprint density at radius 2 is 1.87 bits per heavy atom. The van der Waals surface area contributed by atoms with Gasteiger partial charge in [-0.1, -0.05) is 38.1 Å². The number of para-hydroxylation sites is 1. The third-order valence-electron chi connectivity index (χ3n) is 5.55. The quantitative estimate of drug-likeness (QED) is 0.539. The molecule has 6 heteroatoms. The number of benzene rings is 2. The van der Waals surface area contributed by atoms with Crippen molar-refractivity contribution in [3.8, 4) is 5.75 Å². The van der Waals surface area contributed by atoms with Crippen LogP contribution in [-0.4, -0.2) is 37.7 Å². The molecule has 1 unspecified atom stereocenters. The number of amides is 1. The van der Waals surface area contributed by atoms with E-state index in [-0.39, 0.29) is 17.1 Å². The van der Waals surface area contributed by atoms with Gasteiger partial charge >= 0.3 is 0 Å². The van der Waals surface area contributed by atoms with Gasteiger partial charge in [0.05, 0.1) is 30.2 Å². The summed E-state index contributed by atoms with van der Waals surface area (Å²) in [6.45, 7) is 5.62. The van der Waals surface area contributed by atoms with Crippen LogP contribution in [0.3, 0.4) is 0 Å². The first kappa shape index (κ1) is 21.1. The van der Waals surface area contributed by atoms with Crippen molar-refractivity contribution < 1.29 is 18.7 Å². The summed E-state index contributed by atoms with van der Waals surface area (Å²) in [6, 6.07) is 14.1. The number of carbonyl (C=O) groups is 1. The summed E-state index contributed by atoms with van der Waals surface area (Å²) in [4.78, 5) is 28.3. The lowest BCUT2D eigenvalue weighted by atomic mass is 9.98. The van der Waals surface area contributed by atoms with Crippen LogP contribution in [0.1, 0.15) is 48.0 Å². The monoisotopic (exact) mass is 421 g/mol. The van der Waals surface area contributed by atoms with Crippen LogP contribution in [-0.2, 0) is 4.74 Å². The Bertz CT molecular complexity index is 1150. The molecule has 0 saturated carbocycles. The van der Waals surface area contributed by atoms with Crippen molar-refractivity contribution in [2.45, 2.75) is 26.3 Å². The molecule has 1 atom stereocenters. The first-order valence-electron chi connectivity index (χ1n) is 10.6. The molecule has 1 amide bonds. The van der Waals surface area contributed by atoms with E-state index in [2.05, 4.69) is 13.8 Å². The molecule has 6 nitrogen and oxygen atoms in total. The lowest BCUT2D eigenvalue weighted by molar-refractivity contribution is 0.0663. The van der Waals surface area contributed by atoms with Gasteiger partial charge in [-0.25, -0.2) is 0 Å². The van der Waals surface area contributed by atoms with Gasteiger partial charge in [0.25, 0.3) is 5.91 Å². The van der Waals surface area contributed by atoms with Gasteiger partial charge in [-0.05, 0) is 42.2 Å². The SMILES string of the molecule is COCCN1C(=O)c2oc3ccccc3c(=O)c2C1c1cccc(OCCC(C)C)c1. The van der Waals surface area contributed by atoms with Crippen molar-refractivity contribution in [1.82, 2.24) is 4.90 Å². The number of hydrogen-bond acceptors (Lipinski definition) is 5. The maximum absolute atomic E-state index is 13.4. The van der Waals surface area contributed by atoms with Gasteiger partial charge < -0.3 is 18.8 Å². The largest absolute Gasteiger partial charge is 0.494 e. The summed E-state index contributed by atoms with van der Waals surface area (Å²) in [5.41, 5.74) is 1.42. The van der Waals surface area contributed by atoms with Crippen molar-refractivity contribution in [1.29, 1.82) is 0 Å². The molecule has 0 N–H and O–H groups in total. The first-order valence-corrected chi connectivity index (χ1v) is 10.6. The number of nitrogens with zero attached hydrogens (tertiary/aromatic N) is 1. The highest BCUT2D eigenvalue weighted by Crippen LogP contribution is 2.38. The molecule has 1 aliphatic heterocycles. The third kappa shape index (κ3) is 4.08. The molecule has 0 saturated heterocycles. The molecule has 31 heavy (non-hydrogen) atoms. The Kier molecular flexibility index (Phi) is 6.09. The molecular weight excluding hydrogens is 394 g/mol. The average molecular weight is 421 g/mol. The smallest absolute Gasteiger partial charge is 0.290 e. The van der Waals surface area contributed by atoms with E-state index in [0.717, 1.165) is 17.7 Å². The summed E-state index contributed by atoms with van der Waals surface area (Å²) in [7, 11) is 1.59. The fourth-order valence-corrected chi connectivity index (χ4v) is 3.92. The zero-order valence-electron chi connectivity index (χ0n) is 18.1. The average Bonchev–Trinajstić information content (AvgIpc) is 3.04. The van der Waals surface area contributed by atoms with E-state index in [4.69, 9.17) is 13.9 Å².